The molecule has 0 bridgehead atoms. The average molecular weight is 519 g/mol. The van der Waals surface area contributed by atoms with Crippen LogP contribution in [0.15, 0.2) is 24.3 Å². The minimum atomic E-state index is -0.477. The van der Waals surface area contributed by atoms with E-state index in [-0.39, 0.29) is 19.1 Å². The van der Waals surface area contributed by atoms with Crippen molar-refractivity contribution in [1.82, 2.24) is 4.90 Å². The molecule has 0 aromatic heterocycles. The molecule has 0 fully saturated rings. The van der Waals surface area contributed by atoms with E-state index in [0.29, 0.717) is 29.2 Å². The Balaban J connectivity index is 2.11. The standard InChI is InChI=1S/C30H50N2O5/c1-5-6-7-8-9-10-11-12-13-14-15-16-17-18-19-20-29(33)32(2)23-30(34)37-24-25-21-27(35-3)28(36-4)22-26(25)31/h12-13,21-22H,5-11,14-20,23-24,31H2,1-4H3/b13-12-. The Hall–Kier alpha value is -2.70. The lowest BCUT2D eigenvalue weighted by molar-refractivity contribution is -0.149. The van der Waals surface area contributed by atoms with Crippen molar-refractivity contribution in [2.45, 2.75) is 103 Å². The van der Waals surface area contributed by atoms with Crippen molar-refractivity contribution in [3.63, 3.8) is 0 Å². The number of carbonyl (C=O) groups excluding carboxylic acids is 2. The lowest BCUT2D eigenvalue weighted by Crippen LogP contribution is -2.32. The molecule has 7 heteroatoms. The molecule has 0 aliphatic rings. The predicted molar refractivity (Wildman–Crippen MR) is 151 cm³/mol. The van der Waals surface area contributed by atoms with Gasteiger partial charge < -0.3 is 24.8 Å². The highest BCUT2D eigenvalue weighted by atomic mass is 16.5. The maximum absolute atomic E-state index is 12.4. The second-order valence-corrected chi connectivity index (χ2v) is 9.65. The number of carbonyl (C=O) groups is 2. The van der Waals surface area contributed by atoms with Gasteiger partial charge in [0.15, 0.2) is 11.5 Å². The number of likely N-dealkylation sites (N-methyl/N-ethyl adjacent to an activating group) is 1. The molecule has 0 heterocycles. The lowest BCUT2D eigenvalue weighted by Gasteiger charge is -2.17. The minimum Gasteiger partial charge on any atom is -0.493 e. The average Bonchev–Trinajstić information content (AvgIpc) is 2.89. The highest BCUT2D eigenvalue weighted by Crippen LogP contribution is 2.32. The molecule has 0 saturated heterocycles. The Morgan fingerprint density at radius 1 is 0.838 bits per heavy atom. The summed E-state index contributed by atoms with van der Waals surface area (Å²) in [5, 5.41) is 0. The number of methoxy groups -OCH3 is 2. The van der Waals surface area contributed by atoms with E-state index in [1.54, 1.807) is 19.2 Å². The van der Waals surface area contributed by atoms with Gasteiger partial charge in [0, 0.05) is 30.8 Å². The Morgan fingerprint density at radius 3 is 1.97 bits per heavy atom. The lowest BCUT2D eigenvalue weighted by atomic mass is 10.1. The fourth-order valence-corrected chi connectivity index (χ4v) is 4.09. The second-order valence-electron chi connectivity index (χ2n) is 9.65. The summed E-state index contributed by atoms with van der Waals surface area (Å²) in [6.45, 7) is 2.17. The minimum absolute atomic E-state index is 0.00128. The molecule has 210 valence electrons. The zero-order valence-electron chi connectivity index (χ0n) is 23.7. The SMILES string of the molecule is CCCCCCCC/C=C\CCCCCCCC(=O)N(C)CC(=O)OCc1cc(OC)c(OC)cc1N. The molecule has 2 N–H and O–H groups in total. The predicted octanol–water partition coefficient (Wildman–Crippen LogP) is 6.83. The molecule has 0 spiro atoms. The number of rotatable bonds is 21. The van der Waals surface area contributed by atoms with E-state index in [9.17, 15) is 9.59 Å². The highest BCUT2D eigenvalue weighted by Gasteiger charge is 2.15. The number of nitrogen functional groups attached to an aromatic ring is 1. The largest absolute Gasteiger partial charge is 0.493 e. The van der Waals surface area contributed by atoms with E-state index in [1.165, 1.54) is 76.9 Å². The van der Waals surface area contributed by atoms with Crippen LogP contribution in [0.5, 0.6) is 11.5 Å². The Kier molecular flexibility index (Phi) is 17.8. The molecule has 1 amide bonds. The first-order valence-corrected chi connectivity index (χ1v) is 14.0. The fourth-order valence-electron chi connectivity index (χ4n) is 4.09. The van der Waals surface area contributed by atoms with Gasteiger partial charge in [0.1, 0.15) is 13.2 Å². The summed E-state index contributed by atoms with van der Waals surface area (Å²) in [6.07, 6.45) is 21.0. The summed E-state index contributed by atoms with van der Waals surface area (Å²) in [7, 11) is 4.69. The summed E-state index contributed by atoms with van der Waals surface area (Å²) in [5.74, 6) is 0.501. The number of amides is 1. The number of nitrogens with zero attached hydrogens (tertiary/aromatic N) is 1. The number of hydrogen-bond acceptors (Lipinski definition) is 6. The Bertz CT molecular complexity index is 809. The molecule has 0 aliphatic carbocycles. The van der Waals surface area contributed by atoms with Crippen molar-refractivity contribution in [3.05, 3.63) is 29.8 Å². The van der Waals surface area contributed by atoms with Crippen LogP contribution in [-0.2, 0) is 20.9 Å². The molecule has 37 heavy (non-hydrogen) atoms. The van der Waals surface area contributed by atoms with Crippen LogP contribution in [-0.4, -0.2) is 44.6 Å². The maximum Gasteiger partial charge on any atom is 0.325 e. The van der Waals surface area contributed by atoms with Crippen molar-refractivity contribution in [1.29, 1.82) is 0 Å². The molecule has 0 saturated carbocycles. The van der Waals surface area contributed by atoms with Gasteiger partial charge in [-0.2, -0.15) is 0 Å². The summed E-state index contributed by atoms with van der Waals surface area (Å²) in [4.78, 5) is 26.0. The third kappa shape index (κ3) is 14.6. The van der Waals surface area contributed by atoms with Crippen molar-refractivity contribution in [3.8, 4) is 11.5 Å². The van der Waals surface area contributed by atoms with Gasteiger partial charge in [0.25, 0.3) is 0 Å². The molecule has 1 aromatic carbocycles. The van der Waals surface area contributed by atoms with Crippen LogP contribution in [0.25, 0.3) is 0 Å². The number of ether oxygens (including phenoxy) is 3. The molecule has 0 unspecified atom stereocenters. The van der Waals surface area contributed by atoms with Crippen molar-refractivity contribution >= 4 is 17.6 Å². The summed E-state index contributed by atoms with van der Waals surface area (Å²) in [6, 6.07) is 3.31. The van der Waals surface area contributed by atoms with Gasteiger partial charge in [-0.25, -0.2) is 0 Å². The van der Waals surface area contributed by atoms with Crippen LogP contribution >= 0.6 is 0 Å². The van der Waals surface area contributed by atoms with Crippen molar-refractivity contribution in [2.24, 2.45) is 0 Å². The highest BCUT2D eigenvalue weighted by molar-refractivity contribution is 5.81. The van der Waals surface area contributed by atoms with Crippen LogP contribution in [0, 0.1) is 0 Å². The second kappa shape index (κ2) is 20.4. The zero-order chi connectivity index (χ0) is 27.3. The third-order valence-electron chi connectivity index (χ3n) is 6.48. The number of hydrogen-bond donors (Lipinski definition) is 1. The van der Waals surface area contributed by atoms with Gasteiger partial charge in [0.05, 0.1) is 14.2 Å². The van der Waals surface area contributed by atoms with Gasteiger partial charge in [-0.3, -0.25) is 9.59 Å². The number of anilines is 1. The molecule has 0 aliphatic heterocycles. The van der Waals surface area contributed by atoms with E-state index in [2.05, 4.69) is 19.1 Å². The molecule has 0 atom stereocenters. The molecule has 1 aromatic rings. The van der Waals surface area contributed by atoms with Crippen LogP contribution < -0.4 is 15.2 Å². The van der Waals surface area contributed by atoms with E-state index in [1.807, 2.05) is 0 Å². The van der Waals surface area contributed by atoms with Gasteiger partial charge in [-0.15, -0.1) is 0 Å². The number of nitrogens with two attached hydrogens (primary N) is 1. The Morgan fingerprint density at radius 2 is 1.38 bits per heavy atom. The van der Waals surface area contributed by atoms with Gasteiger partial charge in [0.2, 0.25) is 5.91 Å². The van der Waals surface area contributed by atoms with Crippen LogP contribution in [0.3, 0.4) is 0 Å². The monoisotopic (exact) mass is 518 g/mol. The summed E-state index contributed by atoms with van der Waals surface area (Å²) < 4.78 is 15.8. The van der Waals surface area contributed by atoms with Crippen molar-refractivity contribution in [2.75, 3.05) is 33.5 Å². The van der Waals surface area contributed by atoms with E-state index >= 15 is 0 Å². The van der Waals surface area contributed by atoms with Crippen LogP contribution in [0.4, 0.5) is 5.69 Å². The summed E-state index contributed by atoms with van der Waals surface area (Å²) >= 11 is 0. The molecule has 0 radical (unpaired) electrons. The zero-order valence-corrected chi connectivity index (χ0v) is 23.7. The van der Waals surface area contributed by atoms with E-state index < -0.39 is 5.97 Å². The smallest absolute Gasteiger partial charge is 0.325 e. The van der Waals surface area contributed by atoms with Crippen molar-refractivity contribution < 1.29 is 23.8 Å². The fraction of sp³-hybridized carbons (Fsp3) is 0.667. The number of benzene rings is 1. The first-order valence-electron chi connectivity index (χ1n) is 14.0. The number of allylic oxidation sites excluding steroid dienone is 2. The van der Waals surface area contributed by atoms with Crippen LogP contribution in [0.1, 0.15) is 102 Å². The normalized spacial score (nSPS) is 11.0. The van der Waals surface area contributed by atoms with Gasteiger partial charge in [-0.05, 0) is 38.2 Å². The number of unbranched alkanes of at least 4 members (excludes halogenated alkanes) is 11. The van der Waals surface area contributed by atoms with Crippen LogP contribution in [0.2, 0.25) is 0 Å². The number of esters is 1. The summed E-state index contributed by atoms with van der Waals surface area (Å²) in [5.41, 5.74) is 7.07. The van der Waals surface area contributed by atoms with E-state index in [4.69, 9.17) is 19.9 Å². The first kappa shape index (κ1) is 32.3. The topological polar surface area (TPSA) is 91.1 Å². The maximum atomic E-state index is 12.4. The van der Waals surface area contributed by atoms with Gasteiger partial charge >= 0.3 is 5.97 Å². The van der Waals surface area contributed by atoms with Gasteiger partial charge in [-0.1, -0.05) is 70.4 Å². The molecular weight excluding hydrogens is 468 g/mol. The third-order valence-corrected chi connectivity index (χ3v) is 6.48. The molecule has 7 nitrogen and oxygen atoms in total. The first-order chi connectivity index (χ1) is 17.9. The Labute approximate surface area is 224 Å². The quantitative estimate of drug-likeness (QED) is 0.0830. The molecular formula is C30H50N2O5. The molecule has 1 rings (SSSR count). The van der Waals surface area contributed by atoms with E-state index in [0.717, 1.165) is 25.7 Å².